The molecule has 0 amide bonds. The Morgan fingerprint density at radius 2 is 1.94 bits per heavy atom. The summed E-state index contributed by atoms with van der Waals surface area (Å²) in [6.45, 7) is 13.7. The molecule has 0 spiro atoms. The zero-order chi connectivity index (χ0) is 13.1. The van der Waals surface area contributed by atoms with Crippen molar-refractivity contribution in [2.45, 2.75) is 59.4 Å². The molecule has 1 aromatic rings. The number of nitrogens with one attached hydrogen (secondary N) is 1. The highest BCUT2D eigenvalue weighted by atomic mass is 16.5. The largest absolute Gasteiger partial charge is 0.339 e. The highest BCUT2D eigenvalue weighted by Gasteiger charge is 2.22. The monoisotopic (exact) mass is 239 g/mol. The van der Waals surface area contributed by atoms with Crippen LogP contribution in [0.15, 0.2) is 4.52 Å². The molecular formula is C13H25N3O. The summed E-state index contributed by atoms with van der Waals surface area (Å²) in [5, 5.41) is 7.50. The minimum Gasteiger partial charge on any atom is -0.339 e. The topological polar surface area (TPSA) is 51.0 Å². The summed E-state index contributed by atoms with van der Waals surface area (Å²) >= 11 is 0. The van der Waals surface area contributed by atoms with Crippen LogP contribution < -0.4 is 5.32 Å². The Morgan fingerprint density at radius 1 is 1.29 bits per heavy atom. The van der Waals surface area contributed by atoms with E-state index in [1.54, 1.807) is 0 Å². The van der Waals surface area contributed by atoms with E-state index in [2.05, 4.69) is 57.0 Å². The number of nitrogens with zero attached hydrogens (tertiary/aromatic N) is 2. The average Bonchev–Trinajstić information content (AvgIpc) is 2.64. The molecule has 4 heteroatoms. The Labute approximate surface area is 104 Å². The van der Waals surface area contributed by atoms with Crippen LogP contribution in [0.3, 0.4) is 0 Å². The fourth-order valence-corrected chi connectivity index (χ4v) is 1.64. The molecule has 0 saturated carbocycles. The molecule has 0 radical (unpaired) electrons. The molecule has 0 aliphatic rings. The molecule has 0 fully saturated rings. The van der Waals surface area contributed by atoms with E-state index < -0.39 is 0 Å². The molecule has 1 N–H and O–H groups in total. The quantitative estimate of drug-likeness (QED) is 0.858. The first-order chi connectivity index (χ1) is 7.84. The molecule has 98 valence electrons. The van der Waals surface area contributed by atoms with Gasteiger partial charge in [-0.15, -0.1) is 0 Å². The van der Waals surface area contributed by atoms with Crippen molar-refractivity contribution in [1.29, 1.82) is 0 Å². The molecule has 0 bridgehead atoms. The van der Waals surface area contributed by atoms with Crippen LogP contribution in [0.25, 0.3) is 0 Å². The smallest absolute Gasteiger partial charge is 0.228 e. The van der Waals surface area contributed by atoms with Crippen LogP contribution in [0.5, 0.6) is 0 Å². The molecule has 17 heavy (non-hydrogen) atoms. The Kier molecular flexibility index (Phi) is 4.69. The van der Waals surface area contributed by atoms with Gasteiger partial charge >= 0.3 is 0 Å². The van der Waals surface area contributed by atoms with Gasteiger partial charge in [0, 0.05) is 17.9 Å². The van der Waals surface area contributed by atoms with E-state index in [0.717, 1.165) is 24.7 Å². The van der Waals surface area contributed by atoms with Crippen molar-refractivity contribution in [3.05, 3.63) is 11.7 Å². The number of aromatic nitrogens is 2. The predicted molar refractivity (Wildman–Crippen MR) is 69.0 cm³/mol. The highest BCUT2D eigenvalue weighted by Crippen LogP contribution is 2.19. The minimum atomic E-state index is -0.0484. The molecule has 1 aromatic heterocycles. The van der Waals surface area contributed by atoms with Crippen molar-refractivity contribution >= 4 is 0 Å². The van der Waals surface area contributed by atoms with Gasteiger partial charge in [-0.25, -0.2) is 0 Å². The number of hydrogen-bond acceptors (Lipinski definition) is 4. The van der Waals surface area contributed by atoms with Gasteiger partial charge < -0.3 is 9.84 Å². The van der Waals surface area contributed by atoms with Crippen molar-refractivity contribution < 1.29 is 4.52 Å². The van der Waals surface area contributed by atoms with Crippen LogP contribution >= 0.6 is 0 Å². The van der Waals surface area contributed by atoms with Crippen molar-refractivity contribution in [1.82, 2.24) is 15.5 Å². The summed E-state index contributed by atoms with van der Waals surface area (Å²) in [4.78, 5) is 4.47. The standard InChI is InChI=1S/C13H25N3O/c1-7-14-10(9(2)3)8-11-15-12(16-17-11)13(4,5)6/h9-10,14H,7-8H2,1-6H3. The summed E-state index contributed by atoms with van der Waals surface area (Å²) in [5.41, 5.74) is -0.0484. The van der Waals surface area contributed by atoms with Crippen LogP contribution in [-0.2, 0) is 11.8 Å². The first kappa shape index (κ1) is 14.2. The Balaban J connectivity index is 2.70. The molecule has 1 rings (SSSR count). The lowest BCUT2D eigenvalue weighted by atomic mass is 9.96. The van der Waals surface area contributed by atoms with Gasteiger partial charge in [-0.3, -0.25) is 0 Å². The normalized spacial score (nSPS) is 14.3. The Bertz CT molecular complexity index is 339. The van der Waals surface area contributed by atoms with E-state index in [1.165, 1.54) is 0 Å². The molecule has 1 heterocycles. The predicted octanol–water partition coefficient (Wildman–Crippen LogP) is 2.54. The summed E-state index contributed by atoms with van der Waals surface area (Å²) < 4.78 is 5.32. The molecule has 0 aliphatic carbocycles. The van der Waals surface area contributed by atoms with Gasteiger partial charge in [-0.05, 0) is 12.5 Å². The van der Waals surface area contributed by atoms with Gasteiger partial charge in [0.1, 0.15) is 0 Å². The van der Waals surface area contributed by atoms with Crippen LogP contribution in [-0.4, -0.2) is 22.7 Å². The van der Waals surface area contributed by atoms with Crippen molar-refractivity contribution in [3.63, 3.8) is 0 Å². The number of hydrogen-bond donors (Lipinski definition) is 1. The second-order valence-corrected chi connectivity index (χ2v) is 5.87. The molecule has 0 aliphatic heterocycles. The zero-order valence-corrected chi connectivity index (χ0v) is 11.9. The molecule has 1 unspecified atom stereocenters. The van der Waals surface area contributed by atoms with Crippen LogP contribution in [0.1, 0.15) is 53.3 Å². The second-order valence-electron chi connectivity index (χ2n) is 5.87. The van der Waals surface area contributed by atoms with Gasteiger partial charge in [0.2, 0.25) is 5.89 Å². The zero-order valence-electron chi connectivity index (χ0n) is 11.9. The van der Waals surface area contributed by atoms with Gasteiger partial charge in [-0.2, -0.15) is 4.98 Å². The van der Waals surface area contributed by atoms with E-state index in [9.17, 15) is 0 Å². The highest BCUT2D eigenvalue weighted by molar-refractivity contribution is 5.00. The van der Waals surface area contributed by atoms with Crippen LogP contribution in [0.4, 0.5) is 0 Å². The van der Waals surface area contributed by atoms with Crippen molar-refractivity contribution in [2.24, 2.45) is 5.92 Å². The fourth-order valence-electron chi connectivity index (χ4n) is 1.64. The number of rotatable bonds is 5. The van der Waals surface area contributed by atoms with Gasteiger partial charge in [0.15, 0.2) is 5.82 Å². The summed E-state index contributed by atoms with van der Waals surface area (Å²) in [7, 11) is 0. The summed E-state index contributed by atoms with van der Waals surface area (Å²) in [6.07, 6.45) is 0.800. The first-order valence-electron chi connectivity index (χ1n) is 6.41. The Hall–Kier alpha value is -0.900. The van der Waals surface area contributed by atoms with Crippen LogP contribution in [0.2, 0.25) is 0 Å². The van der Waals surface area contributed by atoms with Gasteiger partial charge in [0.05, 0.1) is 0 Å². The third-order valence-electron chi connectivity index (χ3n) is 2.80. The lowest BCUT2D eigenvalue weighted by molar-refractivity contribution is 0.323. The lowest BCUT2D eigenvalue weighted by Crippen LogP contribution is -2.35. The van der Waals surface area contributed by atoms with Crippen LogP contribution in [0, 0.1) is 5.92 Å². The van der Waals surface area contributed by atoms with Gasteiger partial charge in [-0.1, -0.05) is 46.7 Å². The minimum absolute atomic E-state index is 0.0484. The third kappa shape index (κ3) is 4.11. The molecule has 4 nitrogen and oxygen atoms in total. The molecule has 1 atom stereocenters. The maximum atomic E-state index is 5.32. The van der Waals surface area contributed by atoms with E-state index in [0.29, 0.717) is 12.0 Å². The first-order valence-corrected chi connectivity index (χ1v) is 6.41. The summed E-state index contributed by atoms with van der Waals surface area (Å²) in [6, 6.07) is 0.397. The SMILES string of the molecule is CCNC(Cc1nc(C(C)(C)C)no1)C(C)C. The van der Waals surface area contributed by atoms with Crippen molar-refractivity contribution in [3.8, 4) is 0 Å². The molecule has 0 saturated heterocycles. The lowest BCUT2D eigenvalue weighted by Gasteiger charge is -2.19. The fraction of sp³-hybridized carbons (Fsp3) is 0.846. The second kappa shape index (κ2) is 5.63. The van der Waals surface area contributed by atoms with E-state index in [1.807, 2.05) is 0 Å². The maximum Gasteiger partial charge on any atom is 0.228 e. The molecule has 0 aromatic carbocycles. The van der Waals surface area contributed by atoms with E-state index in [-0.39, 0.29) is 5.41 Å². The van der Waals surface area contributed by atoms with Gasteiger partial charge in [0.25, 0.3) is 0 Å². The average molecular weight is 239 g/mol. The third-order valence-corrected chi connectivity index (χ3v) is 2.80. The maximum absolute atomic E-state index is 5.32. The van der Waals surface area contributed by atoms with Crippen molar-refractivity contribution in [2.75, 3.05) is 6.54 Å². The number of likely N-dealkylation sites (N-methyl/N-ethyl adjacent to an activating group) is 1. The summed E-state index contributed by atoms with van der Waals surface area (Å²) in [5.74, 6) is 2.07. The Morgan fingerprint density at radius 3 is 2.35 bits per heavy atom. The molecular weight excluding hydrogens is 214 g/mol. The van der Waals surface area contributed by atoms with E-state index in [4.69, 9.17) is 4.52 Å². The van der Waals surface area contributed by atoms with E-state index >= 15 is 0 Å².